The fourth-order valence-corrected chi connectivity index (χ4v) is 5.47. The smallest absolute Gasteiger partial charge is 0.247 e. The van der Waals surface area contributed by atoms with Crippen LogP contribution >= 0.6 is 0 Å². The molecule has 0 N–H and O–H groups in total. The van der Waals surface area contributed by atoms with Gasteiger partial charge in [-0.15, -0.1) is 0 Å². The Bertz CT molecular complexity index is 739. The van der Waals surface area contributed by atoms with Gasteiger partial charge < -0.3 is 0 Å². The molecule has 0 radical (unpaired) electrons. The van der Waals surface area contributed by atoms with Crippen LogP contribution < -0.4 is 17.1 Å². The van der Waals surface area contributed by atoms with E-state index in [2.05, 4.69) is 20.8 Å². The molecule has 0 aliphatic heterocycles. The molecule has 0 saturated heterocycles. The lowest BCUT2D eigenvalue weighted by Gasteiger charge is -2.14. The van der Waals surface area contributed by atoms with Gasteiger partial charge in [-0.05, 0) is 19.3 Å². The van der Waals surface area contributed by atoms with Crippen LogP contribution in [-0.4, -0.2) is 13.7 Å². The number of nitrogens with zero attached hydrogens (tertiary/aromatic N) is 3. The molecule has 1 rings (SSSR count). The molecule has 0 aliphatic carbocycles. The van der Waals surface area contributed by atoms with Crippen molar-refractivity contribution in [2.45, 2.75) is 195 Å². The highest BCUT2D eigenvalue weighted by molar-refractivity contribution is 4.79. The van der Waals surface area contributed by atoms with Gasteiger partial charge in [-0.25, -0.2) is 28.1 Å². The maximum Gasteiger partial charge on any atom is 0.336 e. The van der Waals surface area contributed by atoms with Crippen LogP contribution in [0.15, 0.2) is 14.4 Å². The summed E-state index contributed by atoms with van der Waals surface area (Å²) in [6, 6.07) is 0. The van der Waals surface area contributed by atoms with Crippen LogP contribution in [0.3, 0.4) is 0 Å². The Morgan fingerprint density at radius 2 is 0.487 bits per heavy atom. The van der Waals surface area contributed by atoms with E-state index in [1.54, 1.807) is 0 Å². The van der Waals surface area contributed by atoms with Gasteiger partial charge in [0.1, 0.15) is 0 Å². The fourth-order valence-electron chi connectivity index (χ4n) is 5.47. The molecule has 0 amide bonds. The Kier molecular flexibility index (Phi) is 22.0. The predicted molar refractivity (Wildman–Crippen MR) is 167 cm³/mol. The third kappa shape index (κ3) is 15.7. The Morgan fingerprint density at radius 1 is 0.308 bits per heavy atom. The summed E-state index contributed by atoms with van der Waals surface area (Å²) in [5, 5.41) is 0. The average molecular weight is 550 g/mol. The normalized spacial score (nSPS) is 11.5. The zero-order chi connectivity index (χ0) is 28.6. The molecular formula is C33H63N3O3. The second-order valence-corrected chi connectivity index (χ2v) is 11.7. The van der Waals surface area contributed by atoms with Gasteiger partial charge in [0.15, 0.2) is 0 Å². The third-order valence-corrected chi connectivity index (χ3v) is 8.09. The van der Waals surface area contributed by atoms with Crippen molar-refractivity contribution in [3.8, 4) is 0 Å². The Hall–Kier alpha value is -1.59. The van der Waals surface area contributed by atoms with Crippen LogP contribution in [0.4, 0.5) is 0 Å². The van der Waals surface area contributed by atoms with Gasteiger partial charge >= 0.3 is 17.1 Å². The van der Waals surface area contributed by atoms with E-state index in [0.29, 0.717) is 19.6 Å². The molecule has 39 heavy (non-hydrogen) atoms. The zero-order valence-corrected chi connectivity index (χ0v) is 26.2. The Balaban J connectivity index is 2.75. The molecule has 0 aromatic carbocycles. The molecule has 6 nitrogen and oxygen atoms in total. The summed E-state index contributed by atoms with van der Waals surface area (Å²) < 4.78 is 4.07. The summed E-state index contributed by atoms with van der Waals surface area (Å²) in [5.74, 6) is 0. The molecule has 0 saturated carbocycles. The van der Waals surface area contributed by atoms with Crippen molar-refractivity contribution in [3.05, 3.63) is 31.5 Å². The summed E-state index contributed by atoms with van der Waals surface area (Å²) >= 11 is 0. The van der Waals surface area contributed by atoms with Crippen LogP contribution in [0.1, 0.15) is 175 Å². The third-order valence-electron chi connectivity index (χ3n) is 8.09. The van der Waals surface area contributed by atoms with Crippen molar-refractivity contribution in [3.63, 3.8) is 0 Å². The Labute approximate surface area is 239 Å². The Morgan fingerprint density at radius 3 is 0.692 bits per heavy atom. The average Bonchev–Trinajstić information content (AvgIpc) is 2.93. The van der Waals surface area contributed by atoms with Crippen molar-refractivity contribution >= 4 is 0 Å². The van der Waals surface area contributed by atoms with Crippen molar-refractivity contribution in [2.24, 2.45) is 0 Å². The van der Waals surface area contributed by atoms with Crippen LogP contribution in [0, 0.1) is 0 Å². The molecule has 1 heterocycles. The summed E-state index contributed by atoms with van der Waals surface area (Å²) in [4.78, 5) is 39.8. The van der Waals surface area contributed by atoms with E-state index >= 15 is 0 Å². The van der Waals surface area contributed by atoms with E-state index in [9.17, 15) is 14.4 Å². The lowest BCUT2D eigenvalue weighted by molar-refractivity contribution is 0.410. The van der Waals surface area contributed by atoms with Gasteiger partial charge in [-0.2, -0.15) is 0 Å². The van der Waals surface area contributed by atoms with Crippen molar-refractivity contribution in [1.82, 2.24) is 13.7 Å². The highest BCUT2D eigenvalue weighted by Crippen LogP contribution is 2.11. The molecule has 228 valence electrons. The van der Waals surface area contributed by atoms with Gasteiger partial charge in [-0.1, -0.05) is 156 Å². The highest BCUT2D eigenvalue weighted by Gasteiger charge is 2.15. The first-order chi connectivity index (χ1) is 19.1. The van der Waals surface area contributed by atoms with Gasteiger partial charge in [0.05, 0.1) is 0 Å². The van der Waals surface area contributed by atoms with E-state index in [-0.39, 0.29) is 0 Å². The monoisotopic (exact) mass is 549 g/mol. The lowest BCUT2D eigenvalue weighted by atomic mass is 10.1. The van der Waals surface area contributed by atoms with E-state index in [4.69, 9.17) is 0 Å². The zero-order valence-electron chi connectivity index (χ0n) is 26.2. The van der Waals surface area contributed by atoms with Gasteiger partial charge in [-0.3, -0.25) is 0 Å². The number of rotatable bonds is 27. The van der Waals surface area contributed by atoms with Crippen LogP contribution in [0.25, 0.3) is 0 Å². The molecule has 0 fully saturated rings. The maximum absolute atomic E-state index is 13.3. The minimum atomic E-state index is -0.400. The molecule has 6 heteroatoms. The van der Waals surface area contributed by atoms with Crippen LogP contribution in [0.5, 0.6) is 0 Å². The second-order valence-electron chi connectivity index (χ2n) is 11.7. The van der Waals surface area contributed by atoms with Crippen LogP contribution in [-0.2, 0) is 19.6 Å². The fraction of sp³-hybridized carbons (Fsp3) is 0.909. The molecule has 0 spiro atoms. The van der Waals surface area contributed by atoms with E-state index in [1.807, 2.05) is 0 Å². The molecule has 0 unspecified atom stereocenters. The van der Waals surface area contributed by atoms with Crippen molar-refractivity contribution in [1.29, 1.82) is 0 Å². The molecule has 0 aliphatic rings. The van der Waals surface area contributed by atoms with Crippen molar-refractivity contribution < 1.29 is 0 Å². The minimum Gasteiger partial charge on any atom is -0.247 e. The first-order valence-corrected chi connectivity index (χ1v) is 17.0. The SMILES string of the molecule is CCCCCCCCCCn1c(=O)n(CCCCCCCCCC)c(=O)n(CCCCCCCCCC)c1=O. The van der Waals surface area contributed by atoms with E-state index in [1.165, 1.54) is 110 Å². The summed E-state index contributed by atoms with van der Waals surface area (Å²) in [6.07, 6.45) is 27.9. The molecular weight excluding hydrogens is 486 g/mol. The topological polar surface area (TPSA) is 66.0 Å². The highest BCUT2D eigenvalue weighted by atomic mass is 16.2. The second kappa shape index (κ2) is 24.2. The molecule has 0 bridgehead atoms. The largest absolute Gasteiger partial charge is 0.336 e. The standard InChI is InChI=1S/C33H63N3O3/c1-4-7-10-13-16-19-22-25-28-34-31(37)35(29-26-23-20-17-14-11-8-5-2)33(39)36(32(34)38)30-27-24-21-18-15-12-9-6-3/h4-30H2,1-3H3. The number of hydrogen-bond donors (Lipinski definition) is 0. The summed E-state index contributed by atoms with van der Waals surface area (Å²) in [7, 11) is 0. The van der Waals surface area contributed by atoms with Crippen molar-refractivity contribution in [2.75, 3.05) is 0 Å². The molecule has 0 atom stereocenters. The molecule has 1 aromatic rings. The predicted octanol–water partition coefficient (Wildman–Crippen LogP) is 8.59. The lowest BCUT2D eigenvalue weighted by Crippen LogP contribution is -2.54. The minimum absolute atomic E-state index is 0.400. The van der Waals surface area contributed by atoms with Gasteiger partial charge in [0, 0.05) is 19.6 Å². The maximum atomic E-state index is 13.3. The first kappa shape index (κ1) is 35.4. The summed E-state index contributed by atoms with van der Waals surface area (Å²) in [6.45, 7) is 7.94. The van der Waals surface area contributed by atoms with E-state index in [0.717, 1.165) is 57.8 Å². The first-order valence-electron chi connectivity index (χ1n) is 17.0. The number of hydrogen-bond acceptors (Lipinski definition) is 3. The van der Waals surface area contributed by atoms with Crippen LogP contribution in [0.2, 0.25) is 0 Å². The van der Waals surface area contributed by atoms with E-state index < -0.39 is 17.1 Å². The van der Waals surface area contributed by atoms with Gasteiger partial charge in [0.2, 0.25) is 0 Å². The quantitative estimate of drug-likeness (QED) is 0.103. The number of unbranched alkanes of at least 4 members (excludes halogenated alkanes) is 21. The summed E-state index contributed by atoms with van der Waals surface area (Å²) in [5.41, 5.74) is -1.20. The van der Waals surface area contributed by atoms with Gasteiger partial charge in [0.25, 0.3) is 0 Å². The molecule has 1 aromatic heterocycles. The number of aromatic nitrogens is 3.